The van der Waals surface area contributed by atoms with Crippen molar-refractivity contribution in [3.63, 3.8) is 0 Å². The number of allylic oxidation sites excluding steroid dienone is 2. The van der Waals surface area contributed by atoms with E-state index >= 15 is 4.79 Å². The Bertz CT molecular complexity index is 2390. The lowest BCUT2D eigenvalue weighted by Gasteiger charge is -2.49. The number of furan rings is 1. The van der Waals surface area contributed by atoms with Gasteiger partial charge in [-0.2, -0.15) is 0 Å². The van der Waals surface area contributed by atoms with Gasteiger partial charge >= 0.3 is 0 Å². The highest BCUT2D eigenvalue weighted by atomic mass is 35.5. The lowest BCUT2D eigenvalue weighted by Crippen LogP contribution is -2.53. The van der Waals surface area contributed by atoms with Crippen molar-refractivity contribution < 1.29 is 33.5 Å². The fraction of sp³-hybridized carbons (Fsp3) is 0.205. The second-order valence-electron chi connectivity index (χ2n) is 14.3. The van der Waals surface area contributed by atoms with Gasteiger partial charge in [0, 0.05) is 16.1 Å². The Labute approximate surface area is 315 Å². The smallest absolute Gasteiger partial charge is 0.246 e. The molecule has 4 aromatic carbocycles. The fourth-order valence-electron chi connectivity index (χ4n) is 9.46. The number of anilines is 2. The van der Waals surface area contributed by atoms with E-state index in [0.717, 1.165) is 5.57 Å². The number of aliphatic hydroxyl groups is 1. The minimum absolute atomic E-state index is 0.130. The van der Waals surface area contributed by atoms with Crippen LogP contribution in [0.2, 0.25) is 5.02 Å². The number of carbonyl (C=O) groups is 5. The van der Waals surface area contributed by atoms with E-state index in [0.29, 0.717) is 38.8 Å². The monoisotopic (exact) mass is 736 g/mol. The number of hydrogen-bond donors (Lipinski definition) is 1. The molecule has 54 heavy (non-hydrogen) atoms. The molecule has 4 aliphatic rings. The molecule has 9 nitrogen and oxygen atoms in total. The molecular formula is C44H33ClN2O7. The van der Waals surface area contributed by atoms with Crippen LogP contribution in [0.5, 0.6) is 0 Å². The van der Waals surface area contributed by atoms with Gasteiger partial charge in [-0.25, -0.2) is 4.90 Å². The summed E-state index contributed by atoms with van der Waals surface area (Å²) < 4.78 is 6.25. The standard InChI is InChI=1S/C44H33ClN2O7/c45-28-12-7-13-30(22-28)47-41(51)35-23-34-32(38(36-21-18-31(24-48)54-36)44(35,43(47)53)27-10-5-2-6-11-27)19-20-33-37(34)42(52)46(40(33)50)29-16-14-26(15-17-29)39(49)25-8-3-1-4-9-25/h1-19,21-22,33-35,37-38,48H,20,23-24H2/t33-,34+,35-,37-,38+,44+/m0/s1. The number of nitrogens with zero attached hydrogens (tertiary/aromatic N) is 2. The quantitative estimate of drug-likeness (QED) is 0.108. The molecule has 4 amide bonds. The Morgan fingerprint density at radius 2 is 1.44 bits per heavy atom. The van der Waals surface area contributed by atoms with E-state index in [2.05, 4.69) is 0 Å². The van der Waals surface area contributed by atoms with E-state index in [4.69, 9.17) is 16.0 Å². The lowest BCUT2D eigenvalue weighted by molar-refractivity contribution is -0.127. The van der Waals surface area contributed by atoms with Gasteiger partial charge in [0.15, 0.2) is 5.78 Å². The fourth-order valence-corrected chi connectivity index (χ4v) is 9.64. The summed E-state index contributed by atoms with van der Waals surface area (Å²) in [5.74, 6) is -5.01. The van der Waals surface area contributed by atoms with Crippen molar-refractivity contribution >= 4 is 52.4 Å². The lowest BCUT2D eigenvalue weighted by atomic mass is 9.50. The second kappa shape index (κ2) is 12.9. The molecule has 3 heterocycles. The number of rotatable bonds is 7. The third-order valence-corrected chi connectivity index (χ3v) is 11.9. The van der Waals surface area contributed by atoms with Crippen molar-refractivity contribution in [2.45, 2.75) is 30.8 Å². The highest BCUT2D eigenvalue weighted by Crippen LogP contribution is 2.64. The molecule has 2 aliphatic heterocycles. The molecule has 6 atom stereocenters. The minimum atomic E-state index is -1.48. The first-order chi connectivity index (χ1) is 26.2. The van der Waals surface area contributed by atoms with E-state index in [9.17, 15) is 24.3 Å². The molecule has 10 heteroatoms. The van der Waals surface area contributed by atoms with Crippen LogP contribution < -0.4 is 9.80 Å². The summed E-state index contributed by atoms with van der Waals surface area (Å²) in [6, 6.07) is 34.5. The van der Waals surface area contributed by atoms with E-state index < -0.39 is 52.7 Å². The first-order valence-corrected chi connectivity index (χ1v) is 18.3. The molecule has 2 aliphatic carbocycles. The van der Waals surface area contributed by atoms with Crippen molar-refractivity contribution in [2.24, 2.45) is 23.7 Å². The van der Waals surface area contributed by atoms with E-state index in [1.807, 2.05) is 42.5 Å². The zero-order valence-electron chi connectivity index (χ0n) is 28.8. The molecule has 268 valence electrons. The van der Waals surface area contributed by atoms with Crippen LogP contribution in [0.4, 0.5) is 11.4 Å². The molecule has 1 N–H and O–H groups in total. The summed E-state index contributed by atoms with van der Waals surface area (Å²) in [7, 11) is 0. The van der Waals surface area contributed by atoms with Crippen molar-refractivity contribution in [3.8, 4) is 0 Å². The van der Waals surface area contributed by atoms with Crippen LogP contribution >= 0.6 is 11.6 Å². The third kappa shape index (κ3) is 4.92. The average molecular weight is 737 g/mol. The molecule has 1 saturated carbocycles. The SMILES string of the molecule is O=C(c1ccccc1)c1ccc(N2C(=O)[C@H]3[C@H](CC=C4[C@H]3C[C@H]3C(=O)N(c5cccc(Cl)c5)C(=O)[C@@]3(c3ccccc3)[C@H]4c3ccc(CO)o3)C2=O)cc1. The number of carbonyl (C=O) groups excluding carboxylic acids is 5. The van der Waals surface area contributed by atoms with Crippen molar-refractivity contribution in [1.82, 2.24) is 0 Å². The summed E-state index contributed by atoms with van der Waals surface area (Å²) in [4.78, 5) is 74.4. The van der Waals surface area contributed by atoms with Crippen LogP contribution in [0, 0.1) is 23.7 Å². The van der Waals surface area contributed by atoms with Gasteiger partial charge in [0.25, 0.3) is 0 Å². The Balaban J connectivity index is 1.15. The van der Waals surface area contributed by atoms with E-state index in [1.165, 1.54) is 9.80 Å². The largest absolute Gasteiger partial charge is 0.463 e. The predicted octanol–water partition coefficient (Wildman–Crippen LogP) is 7.02. The number of halogens is 1. The number of hydrogen-bond acceptors (Lipinski definition) is 7. The topological polar surface area (TPSA) is 125 Å². The van der Waals surface area contributed by atoms with E-state index in [-0.39, 0.29) is 36.9 Å². The molecule has 0 spiro atoms. The first kappa shape index (κ1) is 33.9. The molecule has 0 bridgehead atoms. The third-order valence-electron chi connectivity index (χ3n) is 11.7. The zero-order valence-corrected chi connectivity index (χ0v) is 29.6. The molecule has 1 aromatic heterocycles. The van der Waals surface area contributed by atoms with Gasteiger partial charge in [-0.05, 0) is 78.9 Å². The number of amides is 4. The summed E-state index contributed by atoms with van der Waals surface area (Å²) >= 11 is 6.39. The molecule has 0 radical (unpaired) electrons. The zero-order chi connectivity index (χ0) is 37.3. The van der Waals surface area contributed by atoms with Gasteiger partial charge in [-0.1, -0.05) is 90.0 Å². The van der Waals surface area contributed by atoms with Crippen LogP contribution in [0.15, 0.2) is 137 Å². The maximum absolute atomic E-state index is 15.3. The Morgan fingerprint density at radius 1 is 0.741 bits per heavy atom. The van der Waals surface area contributed by atoms with Crippen molar-refractivity contribution in [2.75, 3.05) is 9.80 Å². The maximum atomic E-state index is 15.3. The Kier molecular flexibility index (Phi) is 8.10. The van der Waals surface area contributed by atoms with Gasteiger partial charge in [0.2, 0.25) is 23.6 Å². The van der Waals surface area contributed by atoms with Crippen LogP contribution in [-0.2, 0) is 31.2 Å². The van der Waals surface area contributed by atoms with Gasteiger partial charge < -0.3 is 9.52 Å². The van der Waals surface area contributed by atoms with Gasteiger partial charge in [0.1, 0.15) is 23.5 Å². The van der Waals surface area contributed by atoms with Crippen molar-refractivity contribution in [3.05, 3.63) is 166 Å². The second-order valence-corrected chi connectivity index (χ2v) is 14.7. The number of fused-ring (bicyclic) bond motifs is 4. The maximum Gasteiger partial charge on any atom is 0.246 e. The Hall–Kier alpha value is -5.90. The highest BCUT2D eigenvalue weighted by Gasteiger charge is 2.71. The van der Waals surface area contributed by atoms with Gasteiger partial charge in [-0.15, -0.1) is 0 Å². The minimum Gasteiger partial charge on any atom is -0.463 e. The Morgan fingerprint density at radius 3 is 2.13 bits per heavy atom. The van der Waals surface area contributed by atoms with Crippen LogP contribution in [0.25, 0.3) is 0 Å². The first-order valence-electron chi connectivity index (χ1n) is 17.9. The highest BCUT2D eigenvalue weighted by molar-refractivity contribution is 6.32. The normalized spacial score (nSPS) is 26.0. The van der Waals surface area contributed by atoms with Crippen LogP contribution in [0.3, 0.4) is 0 Å². The average Bonchev–Trinajstić information content (AvgIpc) is 3.85. The molecular weight excluding hydrogens is 704 g/mol. The summed E-state index contributed by atoms with van der Waals surface area (Å²) in [6.07, 6.45) is 2.32. The number of aliphatic hydroxyl groups excluding tert-OH is 1. The molecule has 3 fully saturated rings. The summed E-state index contributed by atoms with van der Waals surface area (Å²) in [6.45, 7) is -0.374. The van der Waals surface area contributed by atoms with Crippen LogP contribution in [0.1, 0.15) is 51.8 Å². The molecule has 5 aromatic rings. The van der Waals surface area contributed by atoms with Gasteiger partial charge in [-0.3, -0.25) is 28.9 Å². The van der Waals surface area contributed by atoms with Gasteiger partial charge in [0.05, 0.1) is 35.0 Å². The molecule has 0 unspecified atom stereocenters. The number of benzene rings is 4. The molecule has 2 saturated heterocycles. The predicted molar refractivity (Wildman–Crippen MR) is 200 cm³/mol. The van der Waals surface area contributed by atoms with E-state index in [1.54, 1.807) is 84.9 Å². The summed E-state index contributed by atoms with van der Waals surface area (Å²) in [5, 5.41) is 10.4. The number of imide groups is 2. The summed E-state index contributed by atoms with van der Waals surface area (Å²) in [5.41, 5.74) is 1.52. The van der Waals surface area contributed by atoms with Crippen molar-refractivity contribution in [1.29, 1.82) is 0 Å². The number of ketones is 1. The van der Waals surface area contributed by atoms with Crippen LogP contribution in [-0.4, -0.2) is 34.5 Å². The molecule has 9 rings (SSSR count).